The van der Waals surface area contributed by atoms with Crippen molar-refractivity contribution in [2.24, 2.45) is 0 Å². The summed E-state index contributed by atoms with van der Waals surface area (Å²) in [5, 5.41) is 0. The molecule has 1 aromatic heterocycles. The average Bonchev–Trinajstić information content (AvgIpc) is 2.47. The van der Waals surface area contributed by atoms with E-state index in [-0.39, 0.29) is 5.97 Å². The van der Waals surface area contributed by atoms with Crippen LogP contribution >= 0.6 is 0 Å². The summed E-state index contributed by atoms with van der Waals surface area (Å²) in [7, 11) is 4.59. The number of carbonyl (C=O) groups is 1. The van der Waals surface area contributed by atoms with Crippen molar-refractivity contribution in [3.63, 3.8) is 0 Å². The molecule has 0 N–H and O–H groups in total. The van der Waals surface area contributed by atoms with Crippen LogP contribution in [0.2, 0.25) is 0 Å². The third-order valence-corrected chi connectivity index (χ3v) is 2.62. The summed E-state index contributed by atoms with van der Waals surface area (Å²) in [4.78, 5) is 17.5. The number of anilines is 1. The summed E-state index contributed by atoms with van der Waals surface area (Å²) in [6.07, 6.45) is 0.305. The molecular weight excluding hydrogens is 248 g/mol. The van der Waals surface area contributed by atoms with Gasteiger partial charge in [-0.1, -0.05) is 6.07 Å². The molecule has 0 bridgehead atoms. The highest BCUT2D eigenvalue weighted by Gasteiger charge is 2.11. The second kappa shape index (κ2) is 8.31. The number of pyridine rings is 1. The maximum Gasteiger partial charge on any atom is 0.307 e. The number of carbonyl (C=O) groups excluding carboxylic acids is 1. The molecule has 1 aromatic rings. The van der Waals surface area contributed by atoms with Crippen LogP contribution in [0.25, 0.3) is 0 Å². The molecular formula is C13H20N2O4. The first-order valence-electron chi connectivity index (χ1n) is 6.03. The van der Waals surface area contributed by atoms with E-state index >= 15 is 0 Å². The molecule has 0 atom stereocenters. The first-order chi connectivity index (χ1) is 9.21. The van der Waals surface area contributed by atoms with Gasteiger partial charge in [0, 0.05) is 26.3 Å². The molecule has 0 unspecified atom stereocenters. The summed E-state index contributed by atoms with van der Waals surface area (Å²) in [5.74, 6) is 1.05. The van der Waals surface area contributed by atoms with Crippen LogP contribution in [0.4, 0.5) is 5.82 Å². The van der Waals surface area contributed by atoms with Crippen LogP contribution in [0.15, 0.2) is 18.2 Å². The number of nitrogens with zero attached hydrogens (tertiary/aromatic N) is 2. The van der Waals surface area contributed by atoms with Crippen molar-refractivity contribution in [2.45, 2.75) is 6.42 Å². The zero-order chi connectivity index (χ0) is 14.1. The van der Waals surface area contributed by atoms with Gasteiger partial charge in [-0.15, -0.1) is 0 Å². The highest BCUT2D eigenvalue weighted by Crippen LogP contribution is 2.15. The normalized spacial score (nSPS) is 10.1. The Balaban J connectivity index is 2.73. The fourth-order valence-corrected chi connectivity index (χ4v) is 1.56. The third-order valence-electron chi connectivity index (χ3n) is 2.62. The Kier molecular flexibility index (Phi) is 6.67. The summed E-state index contributed by atoms with van der Waals surface area (Å²) < 4.78 is 14.8. The van der Waals surface area contributed by atoms with Crippen LogP contribution in [0.1, 0.15) is 6.42 Å². The maximum absolute atomic E-state index is 11.2. The molecule has 6 nitrogen and oxygen atoms in total. The van der Waals surface area contributed by atoms with Gasteiger partial charge in [-0.3, -0.25) is 4.79 Å². The molecule has 106 valence electrons. The average molecular weight is 268 g/mol. The van der Waals surface area contributed by atoms with Crippen molar-refractivity contribution in [1.82, 2.24) is 4.98 Å². The van der Waals surface area contributed by atoms with E-state index in [2.05, 4.69) is 9.72 Å². The number of rotatable bonds is 8. The minimum atomic E-state index is -0.245. The van der Waals surface area contributed by atoms with Crippen LogP contribution in [0.3, 0.4) is 0 Å². The van der Waals surface area contributed by atoms with Crippen LogP contribution in [-0.4, -0.2) is 52.0 Å². The molecule has 1 rings (SSSR count). The van der Waals surface area contributed by atoms with Gasteiger partial charge in [0.05, 0.1) is 27.2 Å². The van der Waals surface area contributed by atoms with Crippen LogP contribution in [0, 0.1) is 0 Å². The summed E-state index contributed by atoms with van der Waals surface area (Å²) in [6, 6.07) is 5.51. The minimum absolute atomic E-state index is 0.245. The highest BCUT2D eigenvalue weighted by molar-refractivity contribution is 5.69. The number of hydrogen-bond acceptors (Lipinski definition) is 6. The predicted octanol–water partition coefficient (Wildman–Crippen LogP) is 1.11. The van der Waals surface area contributed by atoms with Crippen LogP contribution < -0.4 is 9.64 Å². The van der Waals surface area contributed by atoms with Gasteiger partial charge in [0.1, 0.15) is 5.82 Å². The molecule has 0 spiro atoms. The lowest BCUT2D eigenvalue weighted by Gasteiger charge is -2.23. The Hall–Kier alpha value is -1.82. The van der Waals surface area contributed by atoms with E-state index in [1.807, 2.05) is 17.0 Å². The van der Waals surface area contributed by atoms with Gasteiger partial charge in [-0.2, -0.15) is 4.98 Å². The summed E-state index contributed by atoms with van der Waals surface area (Å²) >= 11 is 0. The Morgan fingerprint density at radius 1 is 1.26 bits per heavy atom. The van der Waals surface area contributed by atoms with Gasteiger partial charge in [0.2, 0.25) is 5.88 Å². The van der Waals surface area contributed by atoms with Gasteiger partial charge < -0.3 is 19.1 Å². The largest absolute Gasteiger partial charge is 0.481 e. The highest BCUT2D eigenvalue weighted by atomic mass is 16.5. The molecule has 19 heavy (non-hydrogen) atoms. The first-order valence-corrected chi connectivity index (χ1v) is 6.03. The van der Waals surface area contributed by atoms with Gasteiger partial charge in [-0.25, -0.2) is 0 Å². The smallest absolute Gasteiger partial charge is 0.307 e. The molecule has 0 aromatic carbocycles. The van der Waals surface area contributed by atoms with Crippen molar-refractivity contribution in [1.29, 1.82) is 0 Å². The molecule has 0 saturated carbocycles. The van der Waals surface area contributed by atoms with Gasteiger partial charge in [0.25, 0.3) is 0 Å². The molecule has 0 amide bonds. The van der Waals surface area contributed by atoms with Crippen molar-refractivity contribution in [3.05, 3.63) is 18.2 Å². The SMILES string of the molecule is COCCN(CCC(=O)OC)c1cccc(OC)n1. The number of aromatic nitrogens is 1. The topological polar surface area (TPSA) is 60.9 Å². The van der Waals surface area contributed by atoms with E-state index in [1.54, 1.807) is 20.3 Å². The van der Waals surface area contributed by atoms with E-state index in [4.69, 9.17) is 9.47 Å². The summed E-state index contributed by atoms with van der Waals surface area (Å²) in [5.41, 5.74) is 0. The quantitative estimate of drug-likeness (QED) is 0.658. The minimum Gasteiger partial charge on any atom is -0.481 e. The molecule has 0 aliphatic carbocycles. The predicted molar refractivity (Wildman–Crippen MR) is 71.5 cm³/mol. The van der Waals surface area contributed by atoms with E-state index in [1.165, 1.54) is 7.11 Å². The fraction of sp³-hybridized carbons (Fsp3) is 0.538. The van der Waals surface area contributed by atoms with Crippen molar-refractivity contribution < 1.29 is 19.0 Å². The fourth-order valence-electron chi connectivity index (χ4n) is 1.56. The molecule has 0 saturated heterocycles. The Morgan fingerprint density at radius 2 is 2.05 bits per heavy atom. The third kappa shape index (κ3) is 5.13. The second-order valence-corrected chi connectivity index (χ2v) is 3.84. The van der Waals surface area contributed by atoms with E-state index in [0.717, 1.165) is 5.82 Å². The molecule has 6 heteroatoms. The standard InChI is InChI=1S/C13H20N2O4/c1-17-10-9-15(8-7-13(16)19-3)11-5-4-6-12(14-11)18-2/h4-6H,7-10H2,1-3H3. The molecule has 0 radical (unpaired) electrons. The van der Waals surface area contributed by atoms with Crippen LogP contribution in [-0.2, 0) is 14.3 Å². The van der Waals surface area contributed by atoms with Gasteiger partial charge >= 0.3 is 5.97 Å². The lowest BCUT2D eigenvalue weighted by atomic mass is 10.3. The van der Waals surface area contributed by atoms with Gasteiger partial charge in [0.15, 0.2) is 0 Å². The number of ether oxygens (including phenoxy) is 3. The second-order valence-electron chi connectivity index (χ2n) is 3.84. The van der Waals surface area contributed by atoms with E-state index < -0.39 is 0 Å². The lowest BCUT2D eigenvalue weighted by Crippen LogP contribution is -2.30. The van der Waals surface area contributed by atoms with Crippen molar-refractivity contribution in [3.8, 4) is 5.88 Å². The Bertz CT molecular complexity index is 398. The molecule has 0 aliphatic heterocycles. The number of esters is 1. The van der Waals surface area contributed by atoms with E-state index in [0.29, 0.717) is 32.0 Å². The van der Waals surface area contributed by atoms with Crippen molar-refractivity contribution >= 4 is 11.8 Å². The monoisotopic (exact) mass is 268 g/mol. The first kappa shape index (κ1) is 15.2. The zero-order valence-corrected chi connectivity index (χ0v) is 11.6. The Labute approximate surface area is 113 Å². The van der Waals surface area contributed by atoms with Gasteiger partial charge in [-0.05, 0) is 6.07 Å². The molecule has 0 aliphatic rings. The number of hydrogen-bond donors (Lipinski definition) is 0. The lowest BCUT2D eigenvalue weighted by molar-refractivity contribution is -0.140. The van der Waals surface area contributed by atoms with Crippen molar-refractivity contribution in [2.75, 3.05) is 45.9 Å². The van der Waals surface area contributed by atoms with Crippen LogP contribution in [0.5, 0.6) is 5.88 Å². The number of methoxy groups -OCH3 is 3. The molecule has 0 fully saturated rings. The summed E-state index contributed by atoms with van der Waals surface area (Å²) in [6.45, 7) is 1.73. The molecule has 1 heterocycles. The maximum atomic E-state index is 11.2. The Morgan fingerprint density at radius 3 is 2.68 bits per heavy atom. The zero-order valence-electron chi connectivity index (χ0n) is 11.6. The van der Waals surface area contributed by atoms with E-state index in [9.17, 15) is 4.79 Å².